The quantitative estimate of drug-likeness (QED) is 0.491. The Labute approximate surface area is 193 Å². The van der Waals surface area contributed by atoms with Crippen LogP contribution in [0.2, 0.25) is 0 Å². The molecule has 2 aliphatic rings. The average molecular weight is 441 g/mol. The van der Waals surface area contributed by atoms with Crippen LogP contribution in [0.25, 0.3) is 22.2 Å². The Morgan fingerprint density at radius 2 is 1.97 bits per heavy atom. The lowest BCUT2D eigenvalue weighted by Gasteiger charge is -2.29. The Morgan fingerprint density at radius 3 is 2.70 bits per heavy atom. The molecule has 33 heavy (non-hydrogen) atoms. The van der Waals surface area contributed by atoms with Gasteiger partial charge in [-0.05, 0) is 49.1 Å². The van der Waals surface area contributed by atoms with Crippen molar-refractivity contribution in [1.29, 1.82) is 0 Å². The van der Waals surface area contributed by atoms with Crippen LogP contribution < -0.4 is 15.5 Å². The van der Waals surface area contributed by atoms with Crippen LogP contribution in [-0.4, -0.2) is 50.3 Å². The van der Waals surface area contributed by atoms with Gasteiger partial charge in [-0.3, -0.25) is 0 Å². The third kappa shape index (κ3) is 3.87. The third-order valence-corrected chi connectivity index (χ3v) is 6.48. The zero-order chi connectivity index (χ0) is 22.2. The molecule has 0 atom stereocenters. The SMILES string of the molecule is Cn1ccc(-c2cc3cnc(Nc4ccc(N5CCNCC5)cn4)nn3c2C2=CCCC2)c1. The fourth-order valence-electron chi connectivity index (χ4n) is 4.79. The summed E-state index contributed by atoms with van der Waals surface area (Å²) in [5, 5.41) is 11.5. The first-order chi connectivity index (χ1) is 16.2. The zero-order valence-corrected chi connectivity index (χ0v) is 18.8. The van der Waals surface area contributed by atoms with Crippen molar-refractivity contribution in [3.8, 4) is 11.1 Å². The van der Waals surface area contributed by atoms with Gasteiger partial charge in [-0.25, -0.2) is 14.5 Å². The van der Waals surface area contributed by atoms with Gasteiger partial charge in [0.05, 0.1) is 29.3 Å². The standard InChI is InChI=1S/C25H28N8/c1-31-11-8-19(17-31)22-14-21-16-28-25(30-33(21)24(22)18-4-2-3-5-18)29-23-7-6-20(15-27-23)32-12-9-26-10-13-32/h4,6-8,11,14-17,26H,2-3,5,9-10,12-13H2,1H3,(H,27,29,30). The van der Waals surface area contributed by atoms with Crippen LogP contribution in [-0.2, 0) is 7.05 Å². The zero-order valence-electron chi connectivity index (χ0n) is 18.8. The van der Waals surface area contributed by atoms with Gasteiger partial charge in [0, 0.05) is 56.7 Å². The lowest BCUT2D eigenvalue weighted by atomic mass is 10.0. The second-order valence-corrected chi connectivity index (χ2v) is 8.78. The molecule has 0 spiro atoms. The van der Waals surface area contributed by atoms with E-state index in [1.54, 1.807) is 0 Å². The van der Waals surface area contributed by atoms with Gasteiger partial charge in [0.1, 0.15) is 5.82 Å². The molecule has 0 radical (unpaired) electrons. The summed E-state index contributed by atoms with van der Waals surface area (Å²) in [6, 6.07) is 8.45. The number of aromatic nitrogens is 5. The number of hydrogen-bond donors (Lipinski definition) is 2. The highest BCUT2D eigenvalue weighted by Crippen LogP contribution is 2.37. The van der Waals surface area contributed by atoms with Crippen molar-refractivity contribution in [2.45, 2.75) is 19.3 Å². The maximum absolute atomic E-state index is 4.87. The van der Waals surface area contributed by atoms with Crippen LogP contribution in [0.4, 0.5) is 17.5 Å². The van der Waals surface area contributed by atoms with Gasteiger partial charge >= 0.3 is 0 Å². The molecule has 5 heterocycles. The third-order valence-electron chi connectivity index (χ3n) is 6.48. The summed E-state index contributed by atoms with van der Waals surface area (Å²) in [5.74, 6) is 1.28. The lowest BCUT2D eigenvalue weighted by molar-refractivity contribution is 0.589. The second-order valence-electron chi connectivity index (χ2n) is 8.78. The molecule has 0 aromatic carbocycles. The van der Waals surface area contributed by atoms with Crippen molar-refractivity contribution in [3.05, 3.63) is 60.8 Å². The number of nitrogens with zero attached hydrogens (tertiary/aromatic N) is 6. The van der Waals surface area contributed by atoms with Crippen molar-refractivity contribution in [2.75, 3.05) is 36.4 Å². The number of hydrogen-bond acceptors (Lipinski definition) is 6. The Bertz CT molecular complexity index is 1310. The maximum atomic E-state index is 4.87. The minimum Gasteiger partial charge on any atom is -0.368 e. The molecule has 168 valence electrons. The van der Waals surface area contributed by atoms with Crippen molar-refractivity contribution in [2.24, 2.45) is 7.05 Å². The van der Waals surface area contributed by atoms with E-state index in [2.05, 4.69) is 73.8 Å². The highest BCUT2D eigenvalue weighted by atomic mass is 15.3. The van der Waals surface area contributed by atoms with Gasteiger partial charge < -0.3 is 20.1 Å². The monoisotopic (exact) mass is 440 g/mol. The largest absolute Gasteiger partial charge is 0.368 e. The van der Waals surface area contributed by atoms with Crippen molar-refractivity contribution >= 4 is 28.5 Å². The van der Waals surface area contributed by atoms with Crippen LogP contribution in [0.15, 0.2) is 55.1 Å². The summed E-state index contributed by atoms with van der Waals surface area (Å²) >= 11 is 0. The van der Waals surface area contributed by atoms with Crippen LogP contribution in [0.1, 0.15) is 25.0 Å². The minimum absolute atomic E-state index is 0.542. The van der Waals surface area contributed by atoms with E-state index < -0.39 is 0 Å². The predicted octanol–water partition coefficient (Wildman–Crippen LogP) is 3.85. The summed E-state index contributed by atoms with van der Waals surface area (Å²) in [7, 11) is 2.05. The number of pyridine rings is 1. The van der Waals surface area contributed by atoms with E-state index in [1.165, 1.54) is 28.8 Å². The second kappa shape index (κ2) is 8.37. The Morgan fingerprint density at radius 1 is 1.06 bits per heavy atom. The normalized spacial score (nSPS) is 16.4. The molecule has 0 unspecified atom stereocenters. The first-order valence-electron chi connectivity index (χ1n) is 11.6. The fourth-order valence-corrected chi connectivity index (χ4v) is 4.79. The van der Waals surface area contributed by atoms with Crippen molar-refractivity contribution in [3.63, 3.8) is 0 Å². The highest BCUT2D eigenvalue weighted by molar-refractivity contribution is 5.84. The molecule has 4 aromatic rings. The summed E-state index contributed by atoms with van der Waals surface area (Å²) in [6.45, 7) is 4.03. The molecule has 0 bridgehead atoms. The smallest absolute Gasteiger partial charge is 0.246 e. The van der Waals surface area contributed by atoms with E-state index in [0.717, 1.165) is 56.0 Å². The Kier molecular flexibility index (Phi) is 5.07. The number of piperazine rings is 1. The number of anilines is 3. The first-order valence-corrected chi connectivity index (χ1v) is 11.6. The summed E-state index contributed by atoms with van der Waals surface area (Å²) in [6.07, 6.45) is 13.8. The molecular formula is C25H28N8. The molecule has 0 amide bonds. The van der Waals surface area contributed by atoms with E-state index in [0.29, 0.717) is 5.95 Å². The molecule has 2 N–H and O–H groups in total. The lowest BCUT2D eigenvalue weighted by Crippen LogP contribution is -2.43. The Hall–Kier alpha value is -3.65. The van der Waals surface area contributed by atoms with Crippen LogP contribution >= 0.6 is 0 Å². The van der Waals surface area contributed by atoms with E-state index in [4.69, 9.17) is 5.10 Å². The van der Waals surface area contributed by atoms with Crippen LogP contribution in [0.3, 0.4) is 0 Å². The molecule has 1 aliphatic carbocycles. The first kappa shape index (κ1) is 20.0. The van der Waals surface area contributed by atoms with E-state index in [1.807, 2.05) is 23.0 Å². The number of aryl methyl sites for hydroxylation is 1. The van der Waals surface area contributed by atoms with Gasteiger partial charge in [-0.1, -0.05) is 6.08 Å². The Balaban J connectivity index is 1.33. The topological polar surface area (TPSA) is 75.3 Å². The van der Waals surface area contributed by atoms with Crippen molar-refractivity contribution < 1.29 is 0 Å². The summed E-state index contributed by atoms with van der Waals surface area (Å²) in [5.41, 5.74) is 7.06. The number of fused-ring (bicyclic) bond motifs is 1. The van der Waals surface area contributed by atoms with Gasteiger partial charge in [0.2, 0.25) is 5.95 Å². The average Bonchev–Trinajstić information content (AvgIpc) is 3.59. The molecule has 6 rings (SSSR count). The molecule has 4 aromatic heterocycles. The summed E-state index contributed by atoms with van der Waals surface area (Å²) < 4.78 is 4.11. The minimum atomic E-state index is 0.542. The van der Waals surface area contributed by atoms with Gasteiger partial charge in [0.15, 0.2) is 0 Å². The number of nitrogens with one attached hydrogen (secondary N) is 2. The van der Waals surface area contributed by atoms with E-state index in [-0.39, 0.29) is 0 Å². The van der Waals surface area contributed by atoms with Gasteiger partial charge in [-0.15, -0.1) is 5.10 Å². The molecular weight excluding hydrogens is 412 g/mol. The molecule has 8 nitrogen and oxygen atoms in total. The van der Waals surface area contributed by atoms with Crippen LogP contribution in [0.5, 0.6) is 0 Å². The molecule has 1 saturated heterocycles. The van der Waals surface area contributed by atoms with E-state index >= 15 is 0 Å². The highest BCUT2D eigenvalue weighted by Gasteiger charge is 2.20. The molecule has 0 saturated carbocycles. The van der Waals surface area contributed by atoms with Gasteiger partial charge in [-0.2, -0.15) is 0 Å². The van der Waals surface area contributed by atoms with Crippen LogP contribution in [0, 0.1) is 0 Å². The molecule has 1 aliphatic heterocycles. The fraction of sp³-hybridized carbons (Fsp3) is 0.320. The summed E-state index contributed by atoms with van der Waals surface area (Å²) in [4.78, 5) is 11.5. The number of allylic oxidation sites excluding steroid dienone is 2. The maximum Gasteiger partial charge on any atom is 0.246 e. The molecule has 8 heteroatoms. The predicted molar refractivity (Wildman–Crippen MR) is 132 cm³/mol. The van der Waals surface area contributed by atoms with E-state index in [9.17, 15) is 0 Å². The number of rotatable bonds is 5. The molecule has 1 fully saturated rings. The van der Waals surface area contributed by atoms with Crippen molar-refractivity contribution in [1.82, 2.24) is 29.5 Å². The van der Waals surface area contributed by atoms with Gasteiger partial charge in [0.25, 0.3) is 0 Å².